The summed E-state index contributed by atoms with van der Waals surface area (Å²) in [5, 5.41) is 2.94. The van der Waals surface area contributed by atoms with Crippen LogP contribution in [0.3, 0.4) is 0 Å². The fourth-order valence-electron chi connectivity index (χ4n) is 3.70. The first-order valence-corrected chi connectivity index (χ1v) is 9.33. The number of hydrogen-bond donors (Lipinski definition) is 1. The molecule has 7 nitrogen and oxygen atoms in total. The van der Waals surface area contributed by atoms with E-state index in [1.165, 1.54) is 0 Å². The van der Waals surface area contributed by atoms with Gasteiger partial charge in [0, 0.05) is 38.0 Å². The first-order valence-electron chi connectivity index (χ1n) is 9.33. The van der Waals surface area contributed by atoms with Gasteiger partial charge in [0.1, 0.15) is 5.76 Å². The minimum Gasteiger partial charge on any atom is -0.467 e. The fourth-order valence-corrected chi connectivity index (χ4v) is 3.70. The third-order valence-electron chi connectivity index (χ3n) is 5.10. The van der Waals surface area contributed by atoms with E-state index < -0.39 is 0 Å². The van der Waals surface area contributed by atoms with Crippen LogP contribution in [-0.4, -0.2) is 53.2 Å². The van der Waals surface area contributed by atoms with Crippen molar-refractivity contribution in [1.29, 1.82) is 0 Å². The van der Waals surface area contributed by atoms with E-state index in [0.29, 0.717) is 39.0 Å². The normalized spacial score (nSPS) is 21.5. The lowest BCUT2D eigenvalue weighted by molar-refractivity contribution is -0.139. The molecule has 2 fully saturated rings. The maximum Gasteiger partial charge on any atom is 0.227 e. The summed E-state index contributed by atoms with van der Waals surface area (Å²) < 4.78 is 5.29. The van der Waals surface area contributed by atoms with Gasteiger partial charge in [-0.2, -0.15) is 0 Å². The van der Waals surface area contributed by atoms with Gasteiger partial charge in [-0.3, -0.25) is 14.4 Å². The van der Waals surface area contributed by atoms with E-state index in [1.54, 1.807) is 17.2 Å². The third-order valence-corrected chi connectivity index (χ3v) is 5.10. The molecule has 2 aliphatic heterocycles. The lowest BCUT2D eigenvalue weighted by atomic mass is 9.94. The lowest BCUT2D eigenvalue weighted by Crippen LogP contribution is -2.46. The molecule has 1 unspecified atom stereocenters. The van der Waals surface area contributed by atoms with Crippen molar-refractivity contribution in [2.45, 2.75) is 45.7 Å². The number of likely N-dealkylation sites (tertiary alicyclic amines) is 2. The average molecular weight is 361 g/mol. The van der Waals surface area contributed by atoms with Crippen LogP contribution in [0.1, 0.15) is 38.9 Å². The summed E-state index contributed by atoms with van der Waals surface area (Å²) in [6, 6.07) is 3.75. The molecular weight excluding hydrogens is 334 g/mol. The van der Waals surface area contributed by atoms with E-state index in [-0.39, 0.29) is 42.0 Å². The Labute approximate surface area is 153 Å². The van der Waals surface area contributed by atoms with Crippen molar-refractivity contribution < 1.29 is 18.8 Å². The highest BCUT2D eigenvalue weighted by Gasteiger charge is 2.38. The molecule has 0 radical (unpaired) electrons. The Morgan fingerprint density at radius 2 is 2.00 bits per heavy atom. The van der Waals surface area contributed by atoms with Gasteiger partial charge in [0.2, 0.25) is 17.7 Å². The molecule has 1 aromatic heterocycles. The lowest BCUT2D eigenvalue weighted by Gasteiger charge is -2.33. The molecule has 142 valence electrons. The fraction of sp³-hybridized carbons (Fsp3) is 0.632. The van der Waals surface area contributed by atoms with Crippen LogP contribution >= 0.6 is 0 Å². The Morgan fingerprint density at radius 3 is 2.62 bits per heavy atom. The number of carbonyl (C=O) groups excluding carboxylic acids is 3. The van der Waals surface area contributed by atoms with Gasteiger partial charge in [-0.15, -0.1) is 0 Å². The molecule has 1 aromatic rings. The molecule has 0 aliphatic carbocycles. The van der Waals surface area contributed by atoms with Gasteiger partial charge in [0.15, 0.2) is 0 Å². The van der Waals surface area contributed by atoms with Crippen LogP contribution in [0.15, 0.2) is 22.8 Å². The second kappa shape index (κ2) is 7.93. The van der Waals surface area contributed by atoms with Crippen molar-refractivity contribution in [1.82, 2.24) is 15.1 Å². The van der Waals surface area contributed by atoms with Gasteiger partial charge in [0.05, 0.1) is 18.7 Å². The van der Waals surface area contributed by atoms with Crippen LogP contribution in [0, 0.1) is 11.8 Å². The largest absolute Gasteiger partial charge is 0.467 e. The number of furan rings is 1. The standard InChI is InChI=1S/C19H27N3O4/c1-13(2)20-18(24)14-5-7-21(8-6-14)19(25)15-10-17(23)22(11-15)12-16-4-3-9-26-16/h3-4,9,13-15H,5-8,10-12H2,1-2H3,(H,20,24). The zero-order valence-corrected chi connectivity index (χ0v) is 15.4. The summed E-state index contributed by atoms with van der Waals surface area (Å²) in [5.74, 6) is 0.505. The van der Waals surface area contributed by atoms with E-state index >= 15 is 0 Å². The molecular formula is C19H27N3O4. The molecule has 2 aliphatic rings. The number of nitrogens with one attached hydrogen (secondary N) is 1. The second-order valence-corrected chi connectivity index (χ2v) is 7.52. The monoisotopic (exact) mass is 361 g/mol. The van der Waals surface area contributed by atoms with Crippen molar-refractivity contribution >= 4 is 17.7 Å². The minimum absolute atomic E-state index is 0.00838. The van der Waals surface area contributed by atoms with Gasteiger partial charge in [-0.25, -0.2) is 0 Å². The Hall–Kier alpha value is -2.31. The van der Waals surface area contributed by atoms with E-state index in [1.807, 2.05) is 24.8 Å². The molecule has 0 spiro atoms. The van der Waals surface area contributed by atoms with Crippen LogP contribution < -0.4 is 5.32 Å². The summed E-state index contributed by atoms with van der Waals surface area (Å²) in [4.78, 5) is 40.6. The Morgan fingerprint density at radius 1 is 1.27 bits per heavy atom. The van der Waals surface area contributed by atoms with Crippen LogP contribution in [-0.2, 0) is 20.9 Å². The maximum atomic E-state index is 12.8. The van der Waals surface area contributed by atoms with Gasteiger partial charge >= 0.3 is 0 Å². The van der Waals surface area contributed by atoms with Crippen LogP contribution in [0.4, 0.5) is 0 Å². The summed E-state index contributed by atoms with van der Waals surface area (Å²) in [7, 11) is 0. The molecule has 3 heterocycles. The predicted octanol–water partition coefficient (Wildman–Crippen LogP) is 1.39. The molecule has 1 atom stereocenters. The van der Waals surface area contributed by atoms with Gasteiger partial charge in [0.25, 0.3) is 0 Å². The van der Waals surface area contributed by atoms with E-state index in [0.717, 1.165) is 5.76 Å². The van der Waals surface area contributed by atoms with Crippen molar-refractivity contribution in [3.63, 3.8) is 0 Å². The molecule has 3 rings (SSSR count). The second-order valence-electron chi connectivity index (χ2n) is 7.52. The first-order chi connectivity index (χ1) is 12.4. The third kappa shape index (κ3) is 4.26. The van der Waals surface area contributed by atoms with Crippen LogP contribution in [0.2, 0.25) is 0 Å². The molecule has 0 saturated carbocycles. The van der Waals surface area contributed by atoms with Gasteiger partial charge in [-0.05, 0) is 38.8 Å². The minimum atomic E-state index is -0.293. The maximum absolute atomic E-state index is 12.8. The zero-order valence-electron chi connectivity index (χ0n) is 15.4. The van der Waals surface area contributed by atoms with Crippen molar-refractivity contribution in [3.8, 4) is 0 Å². The highest BCUT2D eigenvalue weighted by atomic mass is 16.3. The zero-order chi connectivity index (χ0) is 18.7. The van der Waals surface area contributed by atoms with E-state index in [9.17, 15) is 14.4 Å². The Kier molecular flexibility index (Phi) is 5.64. The predicted molar refractivity (Wildman–Crippen MR) is 94.8 cm³/mol. The quantitative estimate of drug-likeness (QED) is 0.859. The molecule has 7 heteroatoms. The number of rotatable bonds is 5. The summed E-state index contributed by atoms with van der Waals surface area (Å²) in [5.41, 5.74) is 0. The first kappa shape index (κ1) is 18.5. The number of piperidine rings is 1. The molecule has 3 amide bonds. The van der Waals surface area contributed by atoms with Crippen molar-refractivity contribution in [2.24, 2.45) is 11.8 Å². The highest BCUT2D eigenvalue weighted by molar-refractivity contribution is 5.89. The highest BCUT2D eigenvalue weighted by Crippen LogP contribution is 2.25. The number of amides is 3. The average Bonchev–Trinajstić information content (AvgIpc) is 3.24. The number of hydrogen-bond acceptors (Lipinski definition) is 4. The van der Waals surface area contributed by atoms with E-state index in [2.05, 4.69) is 5.32 Å². The topological polar surface area (TPSA) is 82.9 Å². The molecule has 1 N–H and O–H groups in total. The Bertz CT molecular complexity index is 648. The Balaban J connectivity index is 1.49. The molecule has 0 aromatic carbocycles. The SMILES string of the molecule is CC(C)NC(=O)C1CCN(C(=O)C2CC(=O)N(Cc3ccco3)C2)CC1. The molecule has 26 heavy (non-hydrogen) atoms. The summed E-state index contributed by atoms with van der Waals surface area (Å²) >= 11 is 0. The van der Waals surface area contributed by atoms with Crippen LogP contribution in [0.5, 0.6) is 0 Å². The molecule has 2 saturated heterocycles. The van der Waals surface area contributed by atoms with Gasteiger partial charge in [-0.1, -0.05) is 0 Å². The summed E-state index contributed by atoms with van der Waals surface area (Å²) in [6.07, 6.45) is 3.20. The van der Waals surface area contributed by atoms with Crippen molar-refractivity contribution in [2.75, 3.05) is 19.6 Å². The van der Waals surface area contributed by atoms with Gasteiger partial charge < -0.3 is 19.5 Å². The summed E-state index contributed by atoms with van der Waals surface area (Å²) in [6.45, 7) is 5.90. The van der Waals surface area contributed by atoms with Crippen LogP contribution in [0.25, 0.3) is 0 Å². The molecule has 0 bridgehead atoms. The van der Waals surface area contributed by atoms with Crippen molar-refractivity contribution in [3.05, 3.63) is 24.2 Å². The number of nitrogens with zero attached hydrogens (tertiary/aromatic N) is 2. The smallest absolute Gasteiger partial charge is 0.227 e. The number of carbonyl (C=O) groups is 3. The van der Waals surface area contributed by atoms with E-state index in [4.69, 9.17) is 4.42 Å².